The number of aromatic nitrogens is 1. The largest absolute Gasteiger partial charge is 0.484 e. The second kappa shape index (κ2) is 8.36. The van der Waals surface area contributed by atoms with Crippen LogP contribution in [0.5, 0.6) is 5.75 Å². The number of benzene rings is 2. The fraction of sp³-hybridized carbons (Fsp3) is 0.238. The molecule has 3 aromatic rings. The van der Waals surface area contributed by atoms with Gasteiger partial charge in [0, 0.05) is 36.3 Å². The maximum Gasteiger partial charge on any atom is 0.236 e. The molecule has 0 spiro atoms. The van der Waals surface area contributed by atoms with Crippen molar-refractivity contribution in [2.24, 2.45) is 0 Å². The Morgan fingerprint density at radius 1 is 1.00 bits per heavy atom. The Morgan fingerprint density at radius 3 is 2.36 bits per heavy atom. The molecule has 0 radical (unpaired) electrons. The maximum absolute atomic E-state index is 9.45. The molecule has 0 aliphatic carbocycles. The number of rotatable bonds is 5. The summed E-state index contributed by atoms with van der Waals surface area (Å²) >= 11 is 3.40. The van der Waals surface area contributed by atoms with Crippen molar-refractivity contribution in [1.82, 2.24) is 4.98 Å². The molecule has 1 aliphatic heterocycles. The third-order valence-corrected chi connectivity index (χ3v) is 5.15. The summed E-state index contributed by atoms with van der Waals surface area (Å²) in [6.45, 7) is 3.44. The van der Waals surface area contributed by atoms with Gasteiger partial charge in [-0.25, -0.2) is 0 Å². The fourth-order valence-corrected chi connectivity index (χ4v) is 3.45. The minimum Gasteiger partial charge on any atom is -0.484 e. The second-order valence-electron chi connectivity index (χ2n) is 6.43. The molecule has 0 atom stereocenters. The minimum absolute atomic E-state index is 0.181. The van der Waals surface area contributed by atoms with Crippen molar-refractivity contribution < 1.29 is 9.15 Å². The quantitative estimate of drug-likeness (QED) is 0.594. The summed E-state index contributed by atoms with van der Waals surface area (Å²) in [5.74, 6) is 1.66. The van der Waals surface area contributed by atoms with Crippen LogP contribution in [0.2, 0.25) is 0 Å². The number of ether oxygens (including phenoxy) is 1. The van der Waals surface area contributed by atoms with Gasteiger partial charge in [0.1, 0.15) is 11.8 Å². The lowest BCUT2D eigenvalue weighted by atomic mass is 10.2. The molecule has 7 heteroatoms. The lowest BCUT2D eigenvalue weighted by Crippen LogP contribution is -2.46. The predicted molar refractivity (Wildman–Crippen MR) is 111 cm³/mol. The van der Waals surface area contributed by atoms with Crippen molar-refractivity contribution in [2.45, 2.75) is 6.61 Å². The highest BCUT2D eigenvalue weighted by Gasteiger charge is 2.24. The molecule has 4 rings (SSSR count). The van der Waals surface area contributed by atoms with Gasteiger partial charge in [0.05, 0.1) is 0 Å². The molecular weight excluding hydrogens is 420 g/mol. The molecule has 0 bridgehead atoms. The van der Waals surface area contributed by atoms with E-state index in [4.69, 9.17) is 9.15 Å². The molecule has 1 fully saturated rings. The van der Waals surface area contributed by atoms with Crippen LogP contribution < -0.4 is 14.5 Å². The smallest absolute Gasteiger partial charge is 0.236 e. The summed E-state index contributed by atoms with van der Waals surface area (Å²) in [6, 6.07) is 20.0. The highest BCUT2D eigenvalue weighted by Crippen LogP contribution is 2.25. The number of hydrogen-bond acceptors (Lipinski definition) is 6. The normalized spacial score (nSPS) is 14.0. The zero-order valence-electron chi connectivity index (χ0n) is 15.2. The number of piperazine rings is 1. The van der Waals surface area contributed by atoms with Gasteiger partial charge in [0.2, 0.25) is 17.5 Å². The minimum atomic E-state index is 0.181. The lowest BCUT2D eigenvalue weighted by Gasteiger charge is -2.35. The molecular formula is C21H19BrN4O2. The van der Waals surface area contributed by atoms with Crippen LogP contribution in [-0.2, 0) is 6.61 Å². The second-order valence-corrected chi connectivity index (χ2v) is 7.34. The third-order valence-electron chi connectivity index (χ3n) is 4.62. The lowest BCUT2D eigenvalue weighted by molar-refractivity contribution is 0.263. The summed E-state index contributed by atoms with van der Waals surface area (Å²) in [4.78, 5) is 8.70. The number of halogens is 1. The maximum atomic E-state index is 9.45. The van der Waals surface area contributed by atoms with E-state index in [1.807, 2.05) is 42.5 Å². The van der Waals surface area contributed by atoms with E-state index < -0.39 is 0 Å². The Hall–Kier alpha value is -2.98. The summed E-state index contributed by atoms with van der Waals surface area (Å²) in [5, 5.41) is 9.45. The molecule has 6 nitrogen and oxygen atoms in total. The van der Waals surface area contributed by atoms with Crippen molar-refractivity contribution in [2.75, 3.05) is 36.0 Å². The summed E-state index contributed by atoms with van der Waals surface area (Å²) in [6.07, 6.45) is 0. The predicted octanol–water partition coefficient (Wildman–Crippen LogP) is 4.21. The summed E-state index contributed by atoms with van der Waals surface area (Å²) in [5.41, 5.74) is 1.52. The van der Waals surface area contributed by atoms with E-state index in [-0.39, 0.29) is 6.61 Å². The first kappa shape index (κ1) is 18.4. The first-order valence-corrected chi connectivity index (χ1v) is 9.85. The van der Waals surface area contributed by atoms with Crippen molar-refractivity contribution in [3.8, 4) is 11.8 Å². The molecule has 1 aliphatic rings. The molecule has 0 N–H and O–H groups in total. The molecule has 28 heavy (non-hydrogen) atoms. The number of nitriles is 1. The van der Waals surface area contributed by atoms with E-state index in [1.165, 1.54) is 5.69 Å². The van der Waals surface area contributed by atoms with Crippen LogP contribution in [0.3, 0.4) is 0 Å². The van der Waals surface area contributed by atoms with Crippen LogP contribution in [0.15, 0.2) is 63.5 Å². The fourth-order valence-electron chi connectivity index (χ4n) is 3.19. The SMILES string of the molecule is N#Cc1nc(COc2ccc(Br)cc2)oc1N1CCN(c2ccccc2)CC1. The molecule has 1 aromatic heterocycles. The Labute approximate surface area is 172 Å². The average molecular weight is 439 g/mol. The third kappa shape index (κ3) is 4.12. The van der Waals surface area contributed by atoms with E-state index in [0.29, 0.717) is 17.5 Å². The van der Waals surface area contributed by atoms with Crippen LogP contribution in [0.4, 0.5) is 11.6 Å². The van der Waals surface area contributed by atoms with E-state index in [1.54, 1.807) is 0 Å². The van der Waals surface area contributed by atoms with Crippen LogP contribution in [0, 0.1) is 11.3 Å². The van der Waals surface area contributed by atoms with Gasteiger partial charge in [-0.2, -0.15) is 10.2 Å². The van der Waals surface area contributed by atoms with Gasteiger partial charge >= 0.3 is 0 Å². The van der Waals surface area contributed by atoms with E-state index in [0.717, 1.165) is 36.4 Å². The number of nitrogens with zero attached hydrogens (tertiary/aromatic N) is 4. The van der Waals surface area contributed by atoms with Gasteiger partial charge in [-0.1, -0.05) is 34.1 Å². The van der Waals surface area contributed by atoms with Crippen molar-refractivity contribution in [3.05, 3.63) is 70.7 Å². The van der Waals surface area contributed by atoms with Gasteiger partial charge in [-0.3, -0.25) is 0 Å². The summed E-state index contributed by atoms with van der Waals surface area (Å²) < 4.78 is 12.6. The van der Waals surface area contributed by atoms with Crippen LogP contribution in [-0.4, -0.2) is 31.2 Å². The van der Waals surface area contributed by atoms with E-state index in [9.17, 15) is 5.26 Å². The first-order valence-electron chi connectivity index (χ1n) is 9.06. The van der Waals surface area contributed by atoms with Gasteiger partial charge < -0.3 is 19.0 Å². The van der Waals surface area contributed by atoms with Gasteiger partial charge in [-0.05, 0) is 36.4 Å². The molecule has 0 amide bonds. The monoisotopic (exact) mass is 438 g/mol. The first-order chi connectivity index (χ1) is 13.7. The Balaban J connectivity index is 1.41. The van der Waals surface area contributed by atoms with Crippen LogP contribution >= 0.6 is 15.9 Å². The van der Waals surface area contributed by atoms with Gasteiger partial charge in [0.15, 0.2) is 6.61 Å². The van der Waals surface area contributed by atoms with E-state index >= 15 is 0 Å². The highest BCUT2D eigenvalue weighted by molar-refractivity contribution is 9.10. The highest BCUT2D eigenvalue weighted by atomic mass is 79.9. The van der Waals surface area contributed by atoms with Crippen molar-refractivity contribution in [3.63, 3.8) is 0 Å². The summed E-state index contributed by atoms with van der Waals surface area (Å²) in [7, 11) is 0. The van der Waals surface area contributed by atoms with Gasteiger partial charge in [-0.15, -0.1) is 0 Å². The Bertz CT molecular complexity index is 958. The average Bonchev–Trinajstić information content (AvgIpc) is 3.17. The number of para-hydroxylation sites is 1. The molecule has 0 unspecified atom stereocenters. The van der Waals surface area contributed by atoms with Crippen LogP contribution in [0.1, 0.15) is 11.6 Å². The zero-order valence-corrected chi connectivity index (χ0v) is 16.8. The molecule has 0 saturated carbocycles. The topological polar surface area (TPSA) is 65.5 Å². The van der Waals surface area contributed by atoms with Crippen molar-refractivity contribution >= 4 is 27.5 Å². The molecule has 142 valence electrons. The van der Waals surface area contributed by atoms with Gasteiger partial charge in [0.25, 0.3) is 0 Å². The number of hydrogen-bond donors (Lipinski definition) is 0. The molecule has 2 heterocycles. The van der Waals surface area contributed by atoms with Crippen LogP contribution in [0.25, 0.3) is 0 Å². The standard InChI is InChI=1S/C21H19BrN4O2/c22-16-6-8-18(9-7-16)27-15-20-24-19(14-23)21(28-20)26-12-10-25(11-13-26)17-4-2-1-3-5-17/h1-9H,10-13,15H2. The van der Waals surface area contributed by atoms with Crippen molar-refractivity contribution in [1.29, 1.82) is 5.26 Å². The zero-order chi connectivity index (χ0) is 19.3. The molecule has 1 saturated heterocycles. The number of anilines is 2. The Kier molecular flexibility index (Phi) is 5.49. The molecule has 2 aromatic carbocycles. The number of oxazole rings is 1. The van der Waals surface area contributed by atoms with E-state index in [2.05, 4.69) is 48.9 Å². The Morgan fingerprint density at radius 2 is 1.68 bits per heavy atom.